The van der Waals surface area contributed by atoms with Crippen LogP contribution < -0.4 is 4.74 Å². The average Bonchev–Trinajstić information content (AvgIpc) is 2.53. The molecule has 3 aromatic rings. The van der Waals surface area contributed by atoms with E-state index in [4.69, 9.17) is 4.74 Å². The largest absolute Gasteiger partial charge is 0.495 e. The Kier molecular flexibility index (Phi) is 3.39. The number of hydrogen-bond donors (Lipinski definition) is 0. The van der Waals surface area contributed by atoms with Crippen molar-refractivity contribution in [3.05, 3.63) is 77.9 Å². The van der Waals surface area contributed by atoms with Gasteiger partial charge in [0.1, 0.15) is 5.75 Å². The van der Waals surface area contributed by atoms with Crippen molar-refractivity contribution in [1.82, 2.24) is 0 Å². The van der Waals surface area contributed by atoms with E-state index < -0.39 is 0 Å². The maximum absolute atomic E-state index is 5.32. The Morgan fingerprint density at radius 2 is 1.35 bits per heavy atom. The van der Waals surface area contributed by atoms with E-state index >= 15 is 0 Å². The molecule has 0 saturated carbocycles. The number of fused-ring (bicyclic) bond motifs is 1. The van der Waals surface area contributed by atoms with Crippen molar-refractivity contribution in [2.75, 3.05) is 7.11 Å². The molecule has 0 atom stereocenters. The average molecular weight is 258 g/mol. The van der Waals surface area contributed by atoms with E-state index in [2.05, 4.69) is 30.0 Å². The minimum Gasteiger partial charge on any atom is -0.495 e. The van der Waals surface area contributed by atoms with Crippen LogP contribution in [0, 0.1) is 11.8 Å². The van der Waals surface area contributed by atoms with Crippen LogP contribution in [0.4, 0.5) is 0 Å². The third kappa shape index (κ3) is 2.37. The summed E-state index contributed by atoms with van der Waals surface area (Å²) in [6, 6.07) is 22.3. The van der Waals surface area contributed by atoms with Crippen molar-refractivity contribution in [2.24, 2.45) is 0 Å². The first-order chi connectivity index (χ1) is 9.88. The van der Waals surface area contributed by atoms with Gasteiger partial charge in [-0.15, -0.1) is 0 Å². The number of hydrogen-bond acceptors (Lipinski definition) is 1. The van der Waals surface area contributed by atoms with Crippen LogP contribution in [-0.4, -0.2) is 7.11 Å². The molecule has 0 radical (unpaired) electrons. The summed E-state index contributed by atoms with van der Waals surface area (Å²) >= 11 is 0. The minimum atomic E-state index is 0.806. The highest BCUT2D eigenvalue weighted by molar-refractivity contribution is 5.88. The summed E-state index contributed by atoms with van der Waals surface area (Å²) in [6.07, 6.45) is 0. The predicted octanol–water partition coefficient (Wildman–Crippen LogP) is 4.25. The van der Waals surface area contributed by atoms with Crippen molar-refractivity contribution >= 4 is 10.8 Å². The third-order valence-corrected chi connectivity index (χ3v) is 3.23. The molecule has 0 unspecified atom stereocenters. The van der Waals surface area contributed by atoms with Gasteiger partial charge in [-0.05, 0) is 29.0 Å². The zero-order valence-corrected chi connectivity index (χ0v) is 11.3. The van der Waals surface area contributed by atoms with Gasteiger partial charge in [0.25, 0.3) is 0 Å². The van der Waals surface area contributed by atoms with E-state index in [1.807, 2.05) is 48.5 Å². The number of para-hydroxylation sites is 1. The SMILES string of the molecule is COc1ccccc1C#Cc1cccc2ccccc12. The maximum Gasteiger partial charge on any atom is 0.134 e. The second kappa shape index (κ2) is 5.50. The minimum absolute atomic E-state index is 0.806. The molecule has 0 spiro atoms. The fourth-order valence-corrected chi connectivity index (χ4v) is 2.22. The Morgan fingerprint density at radius 3 is 2.25 bits per heavy atom. The molecule has 0 N–H and O–H groups in total. The van der Waals surface area contributed by atoms with Gasteiger partial charge in [0.15, 0.2) is 0 Å². The number of methoxy groups -OCH3 is 1. The normalized spacial score (nSPS) is 9.85. The van der Waals surface area contributed by atoms with Crippen LogP contribution in [0.5, 0.6) is 5.75 Å². The molecule has 0 amide bonds. The van der Waals surface area contributed by atoms with Crippen LogP contribution in [0.25, 0.3) is 10.8 Å². The van der Waals surface area contributed by atoms with E-state index in [0.717, 1.165) is 16.9 Å². The predicted molar refractivity (Wildman–Crippen MR) is 82.9 cm³/mol. The zero-order chi connectivity index (χ0) is 13.8. The molecule has 1 nitrogen and oxygen atoms in total. The Hall–Kier alpha value is -2.72. The second-order valence-corrected chi connectivity index (χ2v) is 4.48. The Bertz CT molecular complexity index is 801. The summed E-state index contributed by atoms with van der Waals surface area (Å²) in [5.41, 5.74) is 1.94. The number of benzene rings is 3. The molecule has 0 aliphatic heterocycles. The lowest BCUT2D eigenvalue weighted by Crippen LogP contribution is -1.86. The Balaban J connectivity index is 2.09. The molecule has 3 rings (SSSR count). The Labute approximate surface area is 118 Å². The van der Waals surface area contributed by atoms with Gasteiger partial charge in [0.2, 0.25) is 0 Å². The maximum atomic E-state index is 5.32. The molecular weight excluding hydrogens is 244 g/mol. The van der Waals surface area contributed by atoms with Crippen LogP contribution in [0.15, 0.2) is 66.7 Å². The smallest absolute Gasteiger partial charge is 0.134 e. The van der Waals surface area contributed by atoms with Crippen LogP contribution in [0.1, 0.15) is 11.1 Å². The summed E-state index contributed by atoms with van der Waals surface area (Å²) in [7, 11) is 1.67. The van der Waals surface area contributed by atoms with Crippen LogP contribution in [-0.2, 0) is 0 Å². The number of rotatable bonds is 1. The molecule has 0 fully saturated rings. The molecule has 0 aromatic heterocycles. The molecular formula is C19H14O. The van der Waals surface area contributed by atoms with Gasteiger partial charge in [-0.1, -0.05) is 60.4 Å². The van der Waals surface area contributed by atoms with Crippen molar-refractivity contribution in [1.29, 1.82) is 0 Å². The van der Waals surface area contributed by atoms with Crippen molar-refractivity contribution in [3.63, 3.8) is 0 Å². The van der Waals surface area contributed by atoms with Gasteiger partial charge < -0.3 is 4.74 Å². The fraction of sp³-hybridized carbons (Fsp3) is 0.0526. The second-order valence-electron chi connectivity index (χ2n) is 4.48. The van der Waals surface area contributed by atoms with E-state index in [1.54, 1.807) is 7.11 Å². The molecule has 0 heterocycles. The van der Waals surface area contributed by atoms with Gasteiger partial charge in [-0.25, -0.2) is 0 Å². The van der Waals surface area contributed by atoms with Crippen LogP contribution in [0.2, 0.25) is 0 Å². The first-order valence-electron chi connectivity index (χ1n) is 6.51. The summed E-state index contributed by atoms with van der Waals surface area (Å²) in [5, 5.41) is 2.39. The van der Waals surface area contributed by atoms with Crippen LogP contribution >= 0.6 is 0 Å². The monoisotopic (exact) mass is 258 g/mol. The van der Waals surface area contributed by atoms with E-state index in [-0.39, 0.29) is 0 Å². The molecule has 0 aliphatic carbocycles. The summed E-state index contributed by atoms with van der Waals surface area (Å²) in [6.45, 7) is 0. The molecule has 3 aromatic carbocycles. The lowest BCUT2D eigenvalue weighted by atomic mass is 10.0. The summed E-state index contributed by atoms with van der Waals surface area (Å²) < 4.78 is 5.32. The van der Waals surface area contributed by atoms with Gasteiger partial charge in [-0.2, -0.15) is 0 Å². The lowest BCUT2D eigenvalue weighted by Gasteiger charge is -2.02. The van der Waals surface area contributed by atoms with Crippen molar-refractivity contribution in [3.8, 4) is 17.6 Å². The molecule has 0 bridgehead atoms. The van der Waals surface area contributed by atoms with E-state index in [1.165, 1.54) is 10.8 Å². The Morgan fingerprint density at radius 1 is 0.700 bits per heavy atom. The highest BCUT2D eigenvalue weighted by Gasteiger charge is 1.99. The van der Waals surface area contributed by atoms with E-state index in [0.29, 0.717) is 0 Å². The first kappa shape index (κ1) is 12.3. The van der Waals surface area contributed by atoms with Crippen LogP contribution in [0.3, 0.4) is 0 Å². The molecule has 0 aliphatic rings. The van der Waals surface area contributed by atoms with Crippen molar-refractivity contribution < 1.29 is 4.74 Å². The topological polar surface area (TPSA) is 9.23 Å². The first-order valence-corrected chi connectivity index (χ1v) is 6.51. The quantitative estimate of drug-likeness (QED) is 0.593. The summed E-state index contributed by atoms with van der Waals surface area (Å²) in [4.78, 5) is 0. The molecule has 20 heavy (non-hydrogen) atoms. The standard InChI is InChI=1S/C19H14O/c1-20-19-12-5-3-8-17(19)14-13-16-10-6-9-15-7-2-4-11-18(15)16/h2-12H,1H3. The zero-order valence-electron chi connectivity index (χ0n) is 11.3. The molecule has 0 saturated heterocycles. The fourth-order valence-electron chi connectivity index (χ4n) is 2.22. The van der Waals surface area contributed by atoms with Gasteiger partial charge in [0.05, 0.1) is 12.7 Å². The van der Waals surface area contributed by atoms with Gasteiger partial charge >= 0.3 is 0 Å². The molecule has 1 heteroatoms. The highest BCUT2D eigenvalue weighted by Crippen LogP contribution is 2.19. The highest BCUT2D eigenvalue weighted by atomic mass is 16.5. The third-order valence-electron chi connectivity index (χ3n) is 3.23. The van der Waals surface area contributed by atoms with Gasteiger partial charge in [0, 0.05) is 5.56 Å². The lowest BCUT2D eigenvalue weighted by molar-refractivity contribution is 0.413. The van der Waals surface area contributed by atoms with Gasteiger partial charge in [-0.3, -0.25) is 0 Å². The number of ether oxygens (including phenoxy) is 1. The summed E-state index contributed by atoms with van der Waals surface area (Å²) in [5.74, 6) is 7.25. The molecule has 96 valence electrons. The van der Waals surface area contributed by atoms with E-state index in [9.17, 15) is 0 Å². The van der Waals surface area contributed by atoms with Crippen molar-refractivity contribution in [2.45, 2.75) is 0 Å².